The monoisotopic (exact) mass is 375 g/mol. The minimum absolute atomic E-state index is 0.151. The highest BCUT2D eigenvalue weighted by molar-refractivity contribution is 9.10. The lowest BCUT2D eigenvalue weighted by Gasteiger charge is -2.23. The lowest BCUT2D eigenvalue weighted by Crippen LogP contribution is -2.32. The van der Waals surface area contributed by atoms with Crippen LogP contribution in [0.2, 0.25) is 0 Å². The fourth-order valence-electron chi connectivity index (χ4n) is 2.43. The number of hydrogen-bond donors (Lipinski definition) is 0. The third-order valence-corrected chi connectivity index (χ3v) is 6.13. The molecule has 1 heterocycles. The van der Waals surface area contributed by atoms with Gasteiger partial charge in [-0.25, -0.2) is 13.2 Å². The Balaban J connectivity index is 2.25. The Labute approximate surface area is 133 Å². The van der Waals surface area contributed by atoms with Gasteiger partial charge in [-0.2, -0.15) is 0 Å². The standard InChI is InChI=1S/C14H18BrNO4S/c1-2-20-14(17)11-6-3-4-7-12(11)21(18,19)10-16-9-5-8-13(16)15/h5-6,8-9,12H,2-4,7,10H2,1H3. The van der Waals surface area contributed by atoms with Crippen molar-refractivity contribution in [3.8, 4) is 0 Å². The van der Waals surface area contributed by atoms with E-state index in [0.29, 0.717) is 17.4 Å². The van der Waals surface area contributed by atoms with E-state index in [-0.39, 0.29) is 18.1 Å². The van der Waals surface area contributed by atoms with E-state index in [9.17, 15) is 13.2 Å². The second-order valence-corrected chi connectivity index (χ2v) is 7.86. The van der Waals surface area contributed by atoms with Gasteiger partial charge in [0.15, 0.2) is 9.84 Å². The van der Waals surface area contributed by atoms with Crippen LogP contribution >= 0.6 is 15.9 Å². The van der Waals surface area contributed by atoms with Crippen LogP contribution in [0.5, 0.6) is 0 Å². The molecule has 7 heteroatoms. The van der Waals surface area contributed by atoms with Gasteiger partial charge in [0, 0.05) is 6.20 Å². The molecule has 0 saturated carbocycles. The number of sulfone groups is 1. The average molecular weight is 376 g/mol. The highest BCUT2D eigenvalue weighted by Crippen LogP contribution is 2.28. The van der Waals surface area contributed by atoms with Gasteiger partial charge in [0.2, 0.25) is 0 Å². The van der Waals surface area contributed by atoms with Gasteiger partial charge in [0.25, 0.3) is 0 Å². The predicted octanol–water partition coefficient (Wildman–Crippen LogP) is 2.66. The Kier molecular flexibility index (Phi) is 5.27. The zero-order valence-corrected chi connectivity index (χ0v) is 14.2. The summed E-state index contributed by atoms with van der Waals surface area (Å²) in [6.07, 6.45) is 5.34. The number of nitrogens with zero attached hydrogens (tertiary/aromatic N) is 1. The van der Waals surface area contributed by atoms with Gasteiger partial charge < -0.3 is 9.30 Å². The summed E-state index contributed by atoms with van der Waals surface area (Å²) in [6, 6.07) is 3.54. The number of ether oxygens (including phenoxy) is 1. The molecule has 116 valence electrons. The highest BCUT2D eigenvalue weighted by Gasteiger charge is 2.35. The summed E-state index contributed by atoms with van der Waals surface area (Å²) in [7, 11) is -3.48. The predicted molar refractivity (Wildman–Crippen MR) is 83.4 cm³/mol. The van der Waals surface area contributed by atoms with Gasteiger partial charge >= 0.3 is 5.97 Å². The second kappa shape index (κ2) is 6.79. The van der Waals surface area contributed by atoms with E-state index in [1.807, 2.05) is 0 Å². The van der Waals surface area contributed by atoms with Crippen LogP contribution in [0, 0.1) is 0 Å². The molecule has 1 aromatic rings. The molecular formula is C14H18BrNO4S. The van der Waals surface area contributed by atoms with E-state index >= 15 is 0 Å². The Morgan fingerprint density at radius 2 is 2.29 bits per heavy atom. The summed E-state index contributed by atoms with van der Waals surface area (Å²) in [5.74, 6) is -0.667. The third-order valence-electron chi connectivity index (χ3n) is 3.42. The molecule has 1 atom stereocenters. The molecule has 2 rings (SSSR count). The summed E-state index contributed by atoms with van der Waals surface area (Å²) in [5, 5.41) is -0.778. The molecule has 0 fully saturated rings. The zero-order chi connectivity index (χ0) is 15.5. The number of carbonyl (C=O) groups excluding carboxylic acids is 1. The van der Waals surface area contributed by atoms with Crippen molar-refractivity contribution >= 4 is 31.7 Å². The van der Waals surface area contributed by atoms with Crippen LogP contribution in [-0.4, -0.2) is 30.8 Å². The fraction of sp³-hybridized carbons (Fsp3) is 0.500. The van der Waals surface area contributed by atoms with Crippen LogP contribution < -0.4 is 0 Å². The summed E-state index contributed by atoms with van der Waals surface area (Å²) in [4.78, 5) is 12.0. The van der Waals surface area contributed by atoms with Crippen LogP contribution in [0.25, 0.3) is 0 Å². The van der Waals surface area contributed by atoms with Crippen LogP contribution in [-0.2, 0) is 25.2 Å². The van der Waals surface area contributed by atoms with E-state index in [1.54, 1.807) is 35.9 Å². The van der Waals surface area contributed by atoms with Crippen LogP contribution in [0.3, 0.4) is 0 Å². The van der Waals surface area contributed by atoms with Gasteiger partial charge in [-0.3, -0.25) is 0 Å². The highest BCUT2D eigenvalue weighted by atomic mass is 79.9. The molecule has 0 N–H and O–H groups in total. The van der Waals surface area contributed by atoms with E-state index in [4.69, 9.17) is 4.74 Å². The number of halogens is 1. The molecule has 0 aromatic carbocycles. The van der Waals surface area contributed by atoms with Crippen molar-refractivity contribution in [2.24, 2.45) is 0 Å². The first kappa shape index (κ1) is 16.3. The molecule has 0 aliphatic heterocycles. The number of allylic oxidation sites excluding steroid dienone is 1. The smallest absolute Gasteiger partial charge is 0.335 e. The van der Waals surface area contributed by atoms with Gasteiger partial charge in [-0.05, 0) is 54.2 Å². The van der Waals surface area contributed by atoms with Gasteiger partial charge in [0.05, 0.1) is 22.0 Å². The van der Waals surface area contributed by atoms with Crippen molar-refractivity contribution in [2.75, 3.05) is 6.61 Å². The van der Waals surface area contributed by atoms with Crippen LogP contribution in [0.4, 0.5) is 0 Å². The maximum Gasteiger partial charge on any atom is 0.335 e. The van der Waals surface area contributed by atoms with Crippen LogP contribution in [0.15, 0.2) is 34.6 Å². The Hall–Kier alpha value is -1.08. The largest absolute Gasteiger partial charge is 0.463 e. The number of carbonyl (C=O) groups is 1. The van der Waals surface area contributed by atoms with E-state index in [2.05, 4.69) is 15.9 Å². The first-order valence-corrected chi connectivity index (χ1v) is 9.36. The summed E-state index contributed by atoms with van der Waals surface area (Å²) in [6.45, 7) is 1.95. The second-order valence-electron chi connectivity index (χ2n) is 4.89. The molecule has 0 amide bonds. The quantitative estimate of drug-likeness (QED) is 0.742. The topological polar surface area (TPSA) is 65.4 Å². The van der Waals surface area contributed by atoms with E-state index in [1.165, 1.54) is 0 Å². The van der Waals surface area contributed by atoms with Gasteiger partial charge in [-0.1, -0.05) is 6.08 Å². The summed E-state index contributed by atoms with van der Waals surface area (Å²) >= 11 is 3.30. The fourth-order valence-corrected chi connectivity index (χ4v) is 4.89. The lowest BCUT2D eigenvalue weighted by molar-refractivity contribution is -0.138. The Bertz CT molecular complexity index is 648. The van der Waals surface area contributed by atoms with Crippen molar-refractivity contribution in [1.82, 2.24) is 4.57 Å². The maximum atomic E-state index is 12.6. The summed E-state index contributed by atoms with van der Waals surface area (Å²) < 4.78 is 32.5. The van der Waals surface area contributed by atoms with Crippen molar-refractivity contribution in [3.05, 3.63) is 34.6 Å². The first-order valence-electron chi connectivity index (χ1n) is 6.85. The molecule has 21 heavy (non-hydrogen) atoms. The Morgan fingerprint density at radius 3 is 2.90 bits per heavy atom. The molecule has 1 aromatic heterocycles. The van der Waals surface area contributed by atoms with Crippen molar-refractivity contribution in [1.29, 1.82) is 0 Å². The molecule has 1 aliphatic carbocycles. The minimum atomic E-state index is -3.48. The van der Waals surface area contributed by atoms with Gasteiger partial charge in [0.1, 0.15) is 5.88 Å². The molecule has 1 aliphatic rings. The molecule has 0 saturated heterocycles. The number of esters is 1. The normalized spacial score (nSPS) is 19.1. The SMILES string of the molecule is CCOC(=O)C1=CCCCC1S(=O)(=O)Cn1cccc1Br. The molecule has 0 spiro atoms. The average Bonchev–Trinajstić information content (AvgIpc) is 2.84. The molecule has 1 unspecified atom stereocenters. The van der Waals surface area contributed by atoms with Crippen molar-refractivity contribution < 1.29 is 17.9 Å². The lowest BCUT2D eigenvalue weighted by atomic mass is 9.99. The molecule has 0 radical (unpaired) electrons. The number of hydrogen-bond acceptors (Lipinski definition) is 4. The van der Waals surface area contributed by atoms with Crippen molar-refractivity contribution in [3.63, 3.8) is 0 Å². The Morgan fingerprint density at radius 1 is 1.52 bits per heavy atom. The van der Waals surface area contributed by atoms with Gasteiger partial charge in [-0.15, -0.1) is 0 Å². The first-order chi connectivity index (χ1) is 9.95. The van der Waals surface area contributed by atoms with Crippen molar-refractivity contribution in [2.45, 2.75) is 37.3 Å². The summed E-state index contributed by atoms with van der Waals surface area (Å²) in [5.41, 5.74) is 0.284. The van der Waals surface area contributed by atoms with E-state index < -0.39 is 21.1 Å². The van der Waals surface area contributed by atoms with E-state index in [0.717, 1.165) is 6.42 Å². The minimum Gasteiger partial charge on any atom is -0.463 e. The zero-order valence-electron chi connectivity index (χ0n) is 11.8. The molecule has 0 bridgehead atoms. The maximum absolute atomic E-state index is 12.6. The number of rotatable bonds is 5. The third kappa shape index (κ3) is 3.77. The molecule has 5 nitrogen and oxygen atoms in total. The van der Waals surface area contributed by atoms with Crippen LogP contribution in [0.1, 0.15) is 26.2 Å². The number of aromatic nitrogens is 1. The molecular weight excluding hydrogens is 358 g/mol.